The Kier molecular flexibility index (Phi) is 9.16. The molecule has 0 spiro atoms. The van der Waals surface area contributed by atoms with Crippen molar-refractivity contribution < 1.29 is 0 Å². The quantitative estimate of drug-likeness (QED) is 0.639. The van der Waals surface area contributed by atoms with Crippen LogP contribution in [0, 0.1) is 0 Å². The fraction of sp³-hybridized carbons (Fsp3) is 0.917. The van der Waals surface area contributed by atoms with Crippen LogP contribution in [-0.2, 0) is 0 Å². The molecule has 0 heterocycles. The highest BCUT2D eigenvalue weighted by Crippen LogP contribution is 2.12. The highest BCUT2D eigenvalue weighted by atomic mass is 15.1. The molecule has 2 nitrogen and oxygen atoms in total. The lowest BCUT2D eigenvalue weighted by Crippen LogP contribution is -2.36. The van der Waals surface area contributed by atoms with E-state index in [2.05, 4.69) is 51.7 Å². The van der Waals surface area contributed by atoms with E-state index in [1.54, 1.807) is 0 Å². The van der Waals surface area contributed by atoms with Crippen LogP contribution in [0.1, 0.15) is 47.5 Å². The van der Waals surface area contributed by atoms with Crippen molar-refractivity contribution in [3.63, 3.8) is 0 Å². The second-order valence-corrected chi connectivity index (χ2v) is 4.37. The molecule has 0 aliphatic rings. The Labute approximate surface area is 90.4 Å². The Morgan fingerprint density at radius 1 is 1.21 bits per heavy atom. The van der Waals surface area contributed by atoms with E-state index in [0.29, 0.717) is 5.54 Å². The van der Waals surface area contributed by atoms with Gasteiger partial charge in [0.1, 0.15) is 0 Å². The average Bonchev–Trinajstić information content (AvgIpc) is 2.17. The van der Waals surface area contributed by atoms with Crippen molar-refractivity contribution in [1.82, 2.24) is 4.90 Å². The predicted molar refractivity (Wildman–Crippen MR) is 67.4 cm³/mol. The van der Waals surface area contributed by atoms with Crippen LogP contribution >= 0.6 is 0 Å². The molecule has 0 amide bonds. The molecule has 0 fully saturated rings. The van der Waals surface area contributed by atoms with Gasteiger partial charge in [0, 0.05) is 18.3 Å². The SMILES string of the molecule is CCC(C)(C)N(C)C.CCC(C)=NC. The second-order valence-electron chi connectivity index (χ2n) is 4.37. The molecule has 86 valence electrons. The third kappa shape index (κ3) is 8.24. The molecule has 0 aliphatic carbocycles. The maximum Gasteiger partial charge on any atom is 0.0276 e. The molecule has 0 aromatic heterocycles. The Bertz CT molecular complexity index is 158. The summed E-state index contributed by atoms with van der Waals surface area (Å²) in [6.45, 7) is 10.8. The second kappa shape index (κ2) is 7.98. The van der Waals surface area contributed by atoms with E-state index in [1.807, 2.05) is 14.0 Å². The van der Waals surface area contributed by atoms with Gasteiger partial charge in [-0.15, -0.1) is 0 Å². The van der Waals surface area contributed by atoms with Gasteiger partial charge in [0.05, 0.1) is 0 Å². The summed E-state index contributed by atoms with van der Waals surface area (Å²) in [7, 11) is 6.05. The van der Waals surface area contributed by atoms with Crippen molar-refractivity contribution in [2.24, 2.45) is 4.99 Å². The highest BCUT2D eigenvalue weighted by Gasteiger charge is 2.16. The molecule has 0 aromatic carbocycles. The number of hydrogen-bond acceptors (Lipinski definition) is 2. The van der Waals surface area contributed by atoms with Crippen molar-refractivity contribution in [3.05, 3.63) is 0 Å². The first-order chi connectivity index (χ1) is 6.31. The summed E-state index contributed by atoms with van der Waals surface area (Å²) < 4.78 is 0. The molecule has 2 heteroatoms. The van der Waals surface area contributed by atoms with Gasteiger partial charge in [-0.3, -0.25) is 4.99 Å². The van der Waals surface area contributed by atoms with E-state index < -0.39 is 0 Å². The lowest BCUT2D eigenvalue weighted by atomic mass is 10.0. The van der Waals surface area contributed by atoms with Crippen LogP contribution in [0.4, 0.5) is 0 Å². The molecule has 0 saturated heterocycles. The predicted octanol–water partition coefficient (Wildman–Crippen LogP) is 3.22. The molecule has 0 bridgehead atoms. The summed E-state index contributed by atoms with van der Waals surface area (Å²) in [5.74, 6) is 0. The van der Waals surface area contributed by atoms with Gasteiger partial charge in [0.15, 0.2) is 0 Å². The summed E-state index contributed by atoms with van der Waals surface area (Å²) in [5, 5.41) is 0. The average molecular weight is 200 g/mol. The largest absolute Gasteiger partial charge is 0.304 e. The standard InChI is InChI=1S/C7H17N.C5H11N/c1-6-7(2,3)8(4)5;1-4-5(2)6-3/h6H2,1-5H3;4H2,1-3H3. The third-order valence-electron chi connectivity index (χ3n) is 2.97. The number of hydrogen-bond donors (Lipinski definition) is 0. The van der Waals surface area contributed by atoms with Crippen LogP contribution in [0.25, 0.3) is 0 Å². The van der Waals surface area contributed by atoms with Gasteiger partial charge in [0.25, 0.3) is 0 Å². The molecule has 0 saturated carbocycles. The van der Waals surface area contributed by atoms with Crippen molar-refractivity contribution in [3.8, 4) is 0 Å². The van der Waals surface area contributed by atoms with Gasteiger partial charge in [-0.2, -0.15) is 0 Å². The molecule has 0 radical (unpaired) electrons. The van der Waals surface area contributed by atoms with Crippen LogP contribution < -0.4 is 0 Å². The molecule has 14 heavy (non-hydrogen) atoms. The van der Waals surface area contributed by atoms with E-state index in [0.717, 1.165) is 6.42 Å². The van der Waals surface area contributed by atoms with Gasteiger partial charge in [0.2, 0.25) is 0 Å². The van der Waals surface area contributed by atoms with E-state index in [-0.39, 0.29) is 0 Å². The molecular weight excluding hydrogens is 172 g/mol. The van der Waals surface area contributed by atoms with Gasteiger partial charge < -0.3 is 4.90 Å². The smallest absolute Gasteiger partial charge is 0.0276 e. The first kappa shape index (κ1) is 16.1. The Morgan fingerprint density at radius 3 is 1.64 bits per heavy atom. The van der Waals surface area contributed by atoms with Crippen LogP contribution in [-0.4, -0.2) is 37.3 Å². The van der Waals surface area contributed by atoms with E-state index in [9.17, 15) is 0 Å². The minimum atomic E-state index is 0.375. The Balaban J connectivity index is 0. The first-order valence-corrected chi connectivity index (χ1v) is 5.41. The maximum absolute atomic E-state index is 3.92. The Morgan fingerprint density at radius 2 is 1.64 bits per heavy atom. The van der Waals surface area contributed by atoms with Gasteiger partial charge in [-0.25, -0.2) is 0 Å². The van der Waals surface area contributed by atoms with Crippen LogP contribution in [0.15, 0.2) is 4.99 Å². The summed E-state index contributed by atoms with van der Waals surface area (Å²) in [4.78, 5) is 6.17. The fourth-order valence-electron chi connectivity index (χ4n) is 0.474. The highest BCUT2D eigenvalue weighted by molar-refractivity contribution is 5.81. The van der Waals surface area contributed by atoms with Crippen LogP contribution in [0.5, 0.6) is 0 Å². The number of nitrogens with zero attached hydrogens (tertiary/aromatic N) is 2. The summed E-state index contributed by atoms with van der Waals surface area (Å²) in [5.41, 5.74) is 1.59. The molecule has 0 N–H and O–H groups in total. The zero-order chi connectivity index (χ0) is 11.8. The van der Waals surface area contributed by atoms with E-state index in [1.165, 1.54) is 12.1 Å². The molecule has 0 aromatic rings. The van der Waals surface area contributed by atoms with Gasteiger partial charge >= 0.3 is 0 Å². The molecule has 0 unspecified atom stereocenters. The van der Waals surface area contributed by atoms with Crippen molar-refractivity contribution in [2.45, 2.75) is 53.0 Å². The van der Waals surface area contributed by atoms with E-state index in [4.69, 9.17) is 0 Å². The normalized spacial score (nSPS) is 12.5. The topological polar surface area (TPSA) is 15.6 Å². The Hall–Kier alpha value is -0.370. The first-order valence-electron chi connectivity index (χ1n) is 5.41. The van der Waals surface area contributed by atoms with Crippen LogP contribution in [0.2, 0.25) is 0 Å². The van der Waals surface area contributed by atoms with Crippen LogP contribution in [0.3, 0.4) is 0 Å². The van der Waals surface area contributed by atoms with Crippen molar-refractivity contribution >= 4 is 5.71 Å². The van der Waals surface area contributed by atoms with Gasteiger partial charge in [-0.1, -0.05) is 13.8 Å². The summed E-state index contributed by atoms with van der Waals surface area (Å²) in [6.07, 6.45) is 2.29. The lowest BCUT2D eigenvalue weighted by Gasteiger charge is -2.30. The summed E-state index contributed by atoms with van der Waals surface area (Å²) in [6, 6.07) is 0. The van der Waals surface area contributed by atoms with Crippen molar-refractivity contribution in [1.29, 1.82) is 0 Å². The zero-order valence-corrected chi connectivity index (χ0v) is 11.3. The van der Waals surface area contributed by atoms with E-state index >= 15 is 0 Å². The van der Waals surface area contributed by atoms with Gasteiger partial charge in [-0.05, 0) is 47.7 Å². The molecule has 0 rings (SSSR count). The zero-order valence-electron chi connectivity index (χ0n) is 11.3. The number of rotatable bonds is 3. The minimum Gasteiger partial charge on any atom is -0.304 e. The summed E-state index contributed by atoms with van der Waals surface area (Å²) >= 11 is 0. The molecule has 0 aliphatic heterocycles. The fourth-order valence-corrected chi connectivity index (χ4v) is 0.474. The third-order valence-corrected chi connectivity index (χ3v) is 2.97. The minimum absolute atomic E-state index is 0.375. The molecular formula is C12H28N2. The number of aliphatic imine (C=N–C) groups is 1. The monoisotopic (exact) mass is 200 g/mol. The van der Waals surface area contributed by atoms with Crippen molar-refractivity contribution in [2.75, 3.05) is 21.1 Å². The lowest BCUT2D eigenvalue weighted by molar-refractivity contribution is 0.189. The molecule has 0 atom stereocenters. The maximum atomic E-state index is 3.92.